The van der Waals surface area contributed by atoms with Crippen molar-refractivity contribution < 1.29 is 0 Å². The molecule has 0 radical (unpaired) electrons. The predicted octanol–water partition coefficient (Wildman–Crippen LogP) is 5.28. The quantitative estimate of drug-likeness (QED) is 0.549. The third-order valence-corrected chi connectivity index (χ3v) is 9.77. The maximum absolute atomic E-state index is 14.0. The molecule has 2 aromatic heterocycles. The second kappa shape index (κ2) is 8.98. The number of rotatable bonds is 3. The van der Waals surface area contributed by atoms with Crippen molar-refractivity contribution in [3.63, 3.8) is 0 Å². The van der Waals surface area contributed by atoms with Crippen molar-refractivity contribution >= 4 is 11.0 Å². The molecule has 4 heterocycles. The van der Waals surface area contributed by atoms with Crippen LogP contribution in [0.1, 0.15) is 76.7 Å². The number of aromatic amines is 1. The summed E-state index contributed by atoms with van der Waals surface area (Å²) in [7, 11) is 0. The van der Waals surface area contributed by atoms with E-state index in [1.54, 1.807) is 18.3 Å². The molecule has 6 atom stereocenters. The maximum atomic E-state index is 14.0. The number of benzene rings is 1. The summed E-state index contributed by atoms with van der Waals surface area (Å²) in [5, 5.41) is 0. The van der Waals surface area contributed by atoms with Crippen molar-refractivity contribution in [2.75, 3.05) is 0 Å². The van der Waals surface area contributed by atoms with Crippen LogP contribution >= 0.6 is 0 Å². The molecular formula is C30H36N4O2. The van der Waals surface area contributed by atoms with Crippen LogP contribution in [0.4, 0.5) is 0 Å². The Labute approximate surface area is 211 Å². The smallest absolute Gasteiger partial charge is 0.278 e. The summed E-state index contributed by atoms with van der Waals surface area (Å²) in [5.41, 5.74) is 1.89. The largest absolute Gasteiger partial charge is 0.329 e. The van der Waals surface area contributed by atoms with Gasteiger partial charge in [-0.05, 0) is 81.0 Å². The van der Waals surface area contributed by atoms with Crippen LogP contribution in [0, 0.1) is 11.8 Å². The van der Waals surface area contributed by atoms with E-state index in [-0.39, 0.29) is 22.9 Å². The van der Waals surface area contributed by atoms with Gasteiger partial charge in [-0.2, -0.15) is 0 Å². The third kappa shape index (κ3) is 3.76. The highest BCUT2D eigenvalue weighted by Crippen LogP contribution is 2.48. The van der Waals surface area contributed by atoms with Crippen LogP contribution < -0.4 is 11.1 Å². The molecule has 0 unspecified atom stereocenters. The van der Waals surface area contributed by atoms with Crippen LogP contribution in [0.5, 0.6) is 0 Å². The Kier molecular flexibility index (Phi) is 5.61. The molecule has 1 aromatic carbocycles. The average Bonchev–Trinajstić information content (AvgIpc) is 3.04. The second-order valence-corrected chi connectivity index (χ2v) is 11.9. The number of para-hydroxylation sites is 2. The number of piperidine rings is 1. The highest BCUT2D eigenvalue weighted by molar-refractivity contribution is 5.77. The lowest BCUT2D eigenvalue weighted by Crippen LogP contribution is -2.52. The highest BCUT2D eigenvalue weighted by atomic mass is 16.1. The van der Waals surface area contributed by atoms with Gasteiger partial charge in [-0.3, -0.25) is 14.5 Å². The molecule has 2 aliphatic carbocycles. The summed E-state index contributed by atoms with van der Waals surface area (Å²) in [6.07, 6.45) is 16.1. The lowest BCUT2D eigenvalue weighted by atomic mass is 9.76. The molecule has 6 heteroatoms. The van der Waals surface area contributed by atoms with E-state index < -0.39 is 0 Å². The first-order valence-electron chi connectivity index (χ1n) is 14.1. The summed E-state index contributed by atoms with van der Waals surface area (Å²) in [4.78, 5) is 36.8. The van der Waals surface area contributed by atoms with E-state index in [9.17, 15) is 9.59 Å². The maximum Gasteiger partial charge on any atom is 0.278 e. The molecule has 3 aromatic rings. The first kappa shape index (κ1) is 22.5. The van der Waals surface area contributed by atoms with Crippen LogP contribution in [0.3, 0.4) is 0 Å². The van der Waals surface area contributed by atoms with Gasteiger partial charge < -0.3 is 9.55 Å². The Bertz CT molecular complexity index is 1370. The van der Waals surface area contributed by atoms with Gasteiger partial charge in [-0.25, -0.2) is 4.98 Å². The monoisotopic (exact) mass is 484 g/mol. The van der Waals surface area contributed by atoms with Crippen molar-refractivity contribution in [3.8, 4) is 11.3 Å². The Morgan fingerprint density at radius 1 is 0.750 bits per heavy atom. The van der Waals surface area contributed by atoms with E-state index in [0.717, 1.165) is 41.8 Å². The van der Waals surface area contributed by atoms with E-state index in [0.29, 0.717) is 17.6 Å². The number of H-pyrrole nitrogens is 1. The molecule has 4 fully saturated rings. The number of aromatic nitrogens is 3. The van der Waals surface area contributed by atoms with Gasteiger partial charge >= 0.3 is 0 Å². The van der Waals surface area contributed by atoms with Crippen molar-refractivity contribution in [1.29, 1.82) is 0 Å². The van der Waals surface area contributed by atoms with Crippen molar-refractivity contribution in [1.82, 2.24) is 19.4 Å². The number of pyridine rings is 1. The lowest BCUT2D eigenvalue weighted by Gasteiger charge is -2.48. The van der Waals surface area contributed by atoms with Crippen LogP contribution in [0.15, 0.2) is 52.2 Å². The van der Waals surface area contributed by atoms with Gasteiger partial charge in [-0.1, -0.05) is 37.8 Å². The molecule has 7 rings (SSSR count). The topological polar surface area (TPSA) is 71.0 Å². The first-order chi connectivity index (χ1) is 17.7. The fraction of sp³-hybridized carbons (Fsp3) is 0.567. The molecule has 4 bridgehead atoms. The molecule has 1 N–H and O–H groups in total. The third-order valence-electron chi connectivity index (χ3n) is 9.77. The van der Waals surface area contributed by atoms with Gasteiger partial charge in [0.25, 0.3) is 11.1 Å². The van der Waals surface area contributed by atoms with Gasteiger partial charge in [0, 0.05) is 30.4 Å². The summed E-state index contributed by atoms with van der Waals surface area (Å²) in [6, 6.07) is 13.4. The van der Waals surface area contributed by atoms with Gasteiger partial charge in [0.15, 0.2) is 0 Å². The molecule has 2 saturated carbocycles. The summed E-state index contributed by atoms with van der Waals surface area (Å²) < 4.78 is 1.99. The minimum Gasteiger partial charge on any atom is -0.329 e. The van der Waals surface area contributed by atoms with Crippen LogP contribution in [0.2, 0.25) is 0 Å². The number of hydrogen-bond acceptors (Lipinski definition) is 4. The first-order valence-corrected chi connectivity index (χ1v) is 14.1. The van der Waals surface area contributed by atoms with Crippen molar-refractivity contribution in [2.24, 2.45) is 11.8 Å². The highest BCUT2D eigenvalue weighted by Gasteiger charge is 2.47. The van der Waals surface area contributed by atoms with E-state index in [1.807, 2.05) is 28.8 Å². The normalized spacial score (nSPS) is 32.4. The van der Waals surface area contributed by atoms with Crippen LogP contribution in [0.25, 0.3) is 22.3 Å². The lowest BCUT2D eigenvalue weighted by molar-refractivity contribution is 0.0204. The minimum absolute atomic E-state index is 0.132. The van der Waals surface area contributed by atoms with Gasteiger partial charge in [0.05, 0.1) is 16.6 Å². The zero-order chi connectivity index (χ0) is 24.2. The van der Waals surface area contributed by atoms with Crippen molar-refractivity contribution in [3.05, 3.63) is 63.3 Å². The Morgan fingerprint density at radius 3 is 2.19 bits per heavy atom. The molecule has 2 aliphatic heterocycles. The van der Waals surface area contributed by atoms with Crippen LogP contribution in [-0.2, 0) is 0 Å². The number of fused-ring (bicyclic) bond motifs is 5. The van der Waals surface area contributed by atoms with E-state index in [4.69, 9.17) is 0 Å². The molecule has 2 saturated heterocycles. The standard InChI is InChI=1S/C30H36N4O2/c35-29-25(8-5-13-31-29)28-30(36)34(27-10-4-3-9-26(27)32-28)24-17-21-11-12-22(18-24)33(21)23-15-19-6-1-2-7-20(14-19)16-23/h3-5,8-10,13,19-24H,1-2,6-7,11-12,14-18H2,(H,31,35)/t19-,20+,21-,22+,23-,24+. The van der Waals surface area contributed by atoms with Gasteiger partial charge in [0.1, 0.15) is 5.69 Å². The Balaban J connectivity index is 1.25. The van der Waals surface area contributed by atoms with E-state index >= 15 is 0 Å². The zero-order valence-corrected chi connectivity index (χ0v) is 20.9. The Hall–Kier alpha value is -2.73. The Morgan fingerprint density at radius 2 is 1.47 bits per heavy atom. The SMILES string of the molecule is O=c1[nH]cccc1-c1nc2ccccc2n([C@H]2C[C@H]3CC[C@@H](C2)N3[C@@H]2C[C@@H]3CCCC[C@@H](C3)C2)c1=O. The predicted molar refractivity (Wildman–Crippen MR) is 142 cm³/mol. The van der Waals surface area contributed by atoms with Crippen molar-refractivity contribution in [2.45, 2.75) is 94.8 Å². The molecular weight excluding hydrogens is 448 g/mol. The van der Waals surface area contributed by atoms with E-state index in [2.05, 4.69) is 14.9 Å². The molecule has 6 nitrogen and oxygen atoms in total. The average molecular weight is 485 g/mol. The number of nitrogens with one attached hydrogen (secondary N) is 1. The van der Waals surface area contributed by atoms with Crippen LogP contribution in [-0.4, -0.2) is 37.6 Å². The second-order valence-electron chi connectivity index (χ2n) is 11.9. The zero-order valence-electron chi connectivity index (χ0n) is 20.9. The molecule has 188 valence electrons. The summed E-state index contributed by atoms with van der Waals surface area (Å²) >= 11 is 0. The molecule has 0 spiro atoms. The molecule has 0 amide bonds. The van der Waals surface area contributed by atoms with Gasteiger partial charge in [0.2, 0.25) is 0 Å². The minimum atomic E-state index is -0.266. The number of nitrogens with zero attached hydrogens (tertiary/aromatic N) is 3. The number of hydrogen-bond donors (Lipinski definition) is 1. The summed E-state index contributed by atoms with van der Waals surface area (Å²) in [5.74, 6) is 1.85. The molecule has 36 heavy (non-hydrogen) atoms. The van der Waals surface area contributed by atoms with E-state index in [1.165, 1.54) is 57.8 Å². The fourth-order valence-corrected chi connectivity index (χ4v) is 8.40. The summed E-state index contributed by atoms with van der Waals surface area (Å²) in [6.45, 7) is 0. The fourth-order valence-electron chi connectivity index (χ4n) is 8.40. The molecule has 4 aliphatic rings. The van der Waals surface area contributed by atoms with Gasteiger partial charge in [-0.15, -0.1) is 0 Å².